The van der Waals surface area contributed by atoms with E-state index in [4.69, 9.17) is 0 Å². The van der Waals surface area contributed by atoms with Gasteiger partial charge in [-0.1, -0.05) is 0 Å². The summed E-state index contributed by atoms with van der Waals surface area (Å²) < 4.78 is 3.37. The first-order chi connectivity index (χ1) is 6.77. The van der Waals surface area contributed by atoms with Crippen molar-refractivity contribution in [1.29, 1.82) is 0 Å². The van der Waals surface area contributed by atoms with Gasteiger partial charge in [0.25, 0.3) is 0 Å². The average molecular weight is 252 g/mol. The van der Waals surface area contributed by atoms with E-state index >= 15 is 0 Å². The van der Waals surface area contributed by atoms with Crippen LogP contribution in [0.3, 0.4) is 0 Å². The molecule has 72 valence electrons. The summed E-state index contributed by atoms with van der Waals surface area (Å²) in [5.41, 5.74) is 2.10. The molecule has 0 radical (unpaired) electrons. The molecule has 0 aromatic carbocycles. The lowest BCUT2D eigenvalue weighted by atomic mass is 10.3. The maximum absolute atomic E-state index is 4.35. The number of hydrogen-bond acceptors (Lipinski definition) is 2. The summed E-state index contributed by atoms with van der Waals surface area (Å²) in [6.07, 6.45) is 6.32. The lowest BCUT2D eigenvalue weighted by Gasteiger charge is -2.00. The summed E-state index contributed by atoms with van der Waals surface area (Å²) in [7, 11) is 0. The molecule has 3 rings (SSSR count). The zero-order chi connectivity index (χ0) is 9.71. The number of aromatic nitrogens is 3. The van der Waals surface area contributed by atoms with E-state index < -0.39 is 0 Å². The van der Waals surface area contributed by atoms with Crippen LogP contribution >= 0.6 is 15.9 Å². The SMILES string of the molecule is Cc1ncnc2c1c(Br)cn2C1CC1. The van der Waals surface area contributed by atoms with Crippen LogP contribution in [0.5, 0.6) is 0 Å². The van der Waals surface area contributed by atoms with Crippen molar-refractivity contribution in [3.63, 3.8) is 0 Å². The van der Waals surface area contributed by atoms with Gasteiger partial charge in [0.1, 0.15) is 12.0 Å². The third kappa shape index (κ3) is 1.10. The fraction of sp³-hybridized carbons (Fsp3) is 0.400. The second-order valence-corrected chi connectivity index (χ2v) is 4.63. The van der Waals surface area contributed by atoms with Gasteiger partial charge in [-0.25, -0.2) is 9.97 Å². The van der Waals surface area contributed by atoms with Crippen molar-refractivity contribution >= 4 is 27.0 Å². The predicted octanol–water partition coefficient (Wildman–Crippen LogP) is 2.84. The molecule has 4 heteroatoms. The molecular weight excluding hydrogens is 242 g/mol. The quantitative estimate of drug-likeness (QED) is 0.781. The highest BCUT2D eigenvalue weighted by atomic mass is 79.9. The Kier molecular flexibility index (Phi) is 1.68. The molecule has 14 heavy (non-hydrogen) atoms. The summed E-state index contributed by atoms with van der Waals surface area (Å²) in [5.74, 6) is 0. The van der Waals surface area contributed by atoms with Crippen LogP contribution in [0.2, 0.25) is 0 Å². The van der Waals surface area contributed by atoms with Crippen molar-refractivity contribution in [2.24, 2.45) is 0 Å². The molecule has 1 aliphatic carbocycles. The zero-order valence-corrected chi connectivity index (χ0v) is 9.45. The normalized spacial score (nSPS) is 16.4. The van der Waals surface area contributed by atoms with E-state index in [0.717, 1.165) is 21.2 Å². The van der Waals surface area contributed by atoms with Gasteiger partial charge < -0.3 is 4.57 Å². The average Bonchev–Trinajstić information content (AvgIpc) is 2.93. The minimum Gasteiger partial charge on any atom is -0.328 e. The van der Waals surface area contributed by atoms with Gasteiger partial charge in [0.15, 0.2) is 0 Å². The summed E-state index contributed by atoms with van der Waals surface area (Å²) in [4.78, 5) is 8.55. The first-order valence-electron chi connectivity index (χ1n) is 4.75. The highest BCUT2D eigenvalue weighted by Crippen LogP contribution is 2.39. The smallest absolute Gasteiger partial charge is 0.144 e. The van der Waals surface area contributed by atoms with Gasteiger partial charge in [-0.05, 0) is 35.7 Å². The molecule has 2 heterocycles. The number of rotatable bonds is 1. The van der Waals surface area contributed by atoms with Gasteiger partial charge in [-0.15, -0.1) is 0 Å². The maximum Gasteiger partial charge on any atom is 0.144 e. The third-order valence-corrected chi connectivity index (χ3v) is 3.29. The molecule has 1 fully saturated rings. The minimum atomic E-state index is 0.665. The predicted molar refractivity (Wildman–Crippen MR) is 58.2 cm³/mol. The Bertz CT molecular complexity index is 499. The summed E-state index contributed by atoms with van der Waals surface area (Å²) in [5, 5.41) is 1.15. The van der Waals surface area contributed by atoms with Crippen molar-refractivity contribution < 1.29 is 0 Å². The van der Waals surface area contributed by atoms with E-state index in [1.807, 2.05) is 6.92 Å². The van der Waals surface area contributed by atoms with E-state index in [0.29, 0.717) is 6.04 Å². The van der Waals surface area contributed by atoms with Gasteiger partial charge in [-0.3, -0.25) is 0 Å². The van der Waals surface area contributed by atoms with Crippen molar-refractivity contribution in [3.8, 4) is 0 Å². The number of fused-ring (bicyclic) bond motifs is 1. The summed E-state index contributed by atoms with van der Waals surface area (Å²) in [6.45, 7) is 2.02. The largest absolute Gasteiger partial charge is 0.328 e. The maximum atomic E-state index is 4.35. The molecule has 1 saturated carbocycles. The highest BCUT2D eigenvalue weighted by Gasteiger charge is 2.26. The fourth-order valence-corrected chi connectivity index (χ4v) is 2.50. The Morgan fingerprint density at radius 3 is 2.93 bits per heavy atom. The molecular formula is C10H10BrN3. The molecule has 0 bridgehead atoms. The Labute approximate surface area is 90.3 Å². The standard InChI is InChI=1S/C10H10BrN3/c1-6-9-8(11)4-14(7-2-3-7)10(9)13-5-12-6/h4-5,7H,2-3H2,1H3. The van der Waals surface area contributed by atoms with Crippen LogP contribution in [-0.4, -0.2) is 14.5 Å². The number of hydrogen-bond donors (Lipinski definition) is 0. The number of halogens is 1. The molecule has 0 atom stereocenters. The van der Waals surface area contributed by atoms with Crippen molar-refractivity contribution in [2.75, 3.05) is 0 Å². The molecule has 0 spiro atoms. The monoisotopic (exact) mass is 251 g/mol. The molecule has 0 N–H and O–H groups in total. The Morgan fingerprint density at radius 2 is 2.21 bits per heavy atom. The van der Waals surface area contributed by atoms with Crippen LogP contribution in [-0.2, 0) is 0 Å². The Balaban J connectivity index is 2.37. The van der Waals surface area contributed by atoms with Crippen LogP contribution in [0, 0.1) is 6.92 Å². The third-order valence-electron chi connectivity index (χ3n) is 2.69. The van der Waals surface area contributed by atoms with Crippen LogP contribution in [0.1, 0.15) is 24.6 Å². The molecule has 0 unspecified atom stereocenters. The van der Waals surface area contributed by atoms with Gasteiger partial charge in [-0.2, -0.15) is 0 Å². The van der Waals surface area contributed by atoms with Crippen LogP contribution in [0.15, 0.2) is 17.0 Å². The zero-order valence-electron chi connectivity index (χ0n) is 7.87. The lowest BCUT2D eigenvalue weighted by molar-refractivity contribution is 0.764. The van der Waals surface area contributed by atoms with Gasteiger partial charge >= 0.3 is 0 Å². The van der Waals surface area contributed by atoms with Crippen molar-refractivity contribution in [3.05, 3.63) is 22.7 Å². The fourth-order valence-electron chi connectivity index (χ4n) is 1.82. The number of aryl methyl sites for hydroxylation is 1. The van der Waals surface area contributed by atoms with Gasteiger partial charge in [0.2, 0.25) is 0 Å². The van der Waals surface area contributed by atoms with E-state index in [1.54, 1.807) is 6.33 Å². The Hall–Kier alpha value is -0.900. The van der Waals surface area contributed by atoms with Crippen LogP contribution in [0.4, 0.5) is 0 Å². The second kappa shape index (κ2) is 2.79. The van der Waals surface area contributed by atoms with Crippen molar-refractivity contribution in [1.82, 2.24) is 14.5 Å². The molecule has 3 nitrogen and oxygen atoms in total. The molecule has 1 aliphatic rings. The molecule has 2 aromatic rings. The Morgan fingerprint density at radius 1 is 1.43 bits per heavy atom. The molecule has 2 aromatic heterocycles. The molecule has 0 aliphatic heterocycles. The number of nitrogens with zero attached hydrogens (tertiary/aromatic N) is 3. The van der Waals surface area contributed by atoms with E-state index in [1.165, 1.54) is 12.8 Å². The van der Waals surface area contributed by atoms with Crippen LogP contribution in [0.25, 0.3) is 11.0 Å². The highest BCUT2D eigenvalue weighted by molar-refractivity contribution is 9.10. The summed E-state index contributed by atoms with van der Waals surface area (Å²) in [6, 6.07) is 0.665. The topological polar surface area (TPSA) is 30.7 Å². The molecule has 0 saturated heterocycles. The van der Waals surface area contributed by atoms with Crippen LogP contribution < -0.4 is 0 Å². The first-order valence-corrected chi connectivity index (χ1v) is 5.54. The second-order valence-electron chi connectivity index (χ2n) is 3.77. The van der Waals surface area contributed by atoms with Gasteiger partial charge in [0.05, 0.1) is 11.1 Å². The van der Waals surface area contributed by atoms with E-state index in [2.05, 4.69) is 36.7 Å². The lowest BCUT2D eigenvalue weighted by Crippen LogP contribution is -1.94. The first kappa shape index (κ1) is 8.41. The minimum absolute atomic E-state index is 0.665. The van der Waals surface area contributed by atoms with Gasteiger partial charge in [0, 0.05) is 16.7 Å². The summed E-state index contributed by atoms with van der Waals surface area (Å²) >= 11 is 3.56. The van der Waals surface area contributed by atoms with E-state index in [9.17, 15) is 0 Å². The van der Waals surface area contributed by atoms with E-state index in [-0.39, 0.29) is 0 Å². The molecule has 0 amide bonds. The van der Waals surface area contributed by atoms with Crippen molar-refractivity contribution in [2.45, 2.75) is 25.8 Å².